The van der Waals surface area contributed by atoms with Crippen LogP contribution in [0.4, 0.5) is 0 Å². The highest BCUT2D eigenvalue weighted by atomic mass is 16.5. The van der Waals surface area contributed by atoms with Crippen LogP contribution >= 0.6 is 0 Å². The highest BCUT2D eigenvalue weighted by Gasteiger charge is 2.18. The lowest BCUT2D eigenvalue weighted by molar-refractivity contribution is -0.131. The number of rotatable bonds is 19. The topological polar surface area (TPSA) is 52.6 Å². The summed E-state index contributed by atoms with van der Waals surface area (Å²) in [5, 5.41) is 0. The second-order valence-corrected chi connectivity index (χ2v) is 11.0. The fourth-order valence-electron chi connectivity index (χ4n) is 4.70. The van der Waals surface area contributed by atoms with E-state index in [4.69, 9.17) is 9.47 Å². The maximum atomic E-state index is 12.7. The predicted molar refractivity (Wildman–Crippen MR) is 167 cm³/mol. The molecule has 0 aliphatic rings. The van der Waals surface area contributed by atoms with Crippen molar-refractivity contribution in [1.82, 2.24) is 0 Å². The minimum atomic E-state index is -0.432. The van der Waals surface area contributed by atoms with Gasteiger partial charge in [-0.2, -0.15) is 0 Å². The molecule has 218 valence electrons. The molecule has 0 atom stereocenters. The van der Waals surface area contributed by atoms with Crippen molar-refractivity contribution in [2.45, 2.75) is 118 Å². The lowest BCUT2D eigenvalue weighted by atomic mass is 9.93. The summed E-state index contributed by atoms with van der Waals surface area (Å²) >= 11 is 0. The lowest BCUT2D eigenvalue weighted by Gasteiger charge is -2.18. The summed E-state index contributed by atoms with van der Waals surface area (Å²) in [5.41, 5.74) is 5.02. The molecule has 2 rings (SSSR count). The van der Waals surface area contributed by atoms with E-state index in [1.165, 1.54) is 51.4 Å². The average molecular weight is 547 g/mol. The Bertz CT molecular complexity index is 1070. The fourth-order valence-corrected chi connectivity index (χ4v) is 4.70. The van der Waals surface area contributed by atoms with Crippen molar-refractivity contribution in [3.05, 3.63) is 71.8 Å². The molecule has 0 aromatic heterocycles. The quantitative estimate of drug-likeness (QED) is 0.0761. The second-order valence-electron chi connectivity index (χ2n) is 11.0. The van der Waals surface area contributed by atoms with Crippen LogP contribution in [0.5, 0.6) is 11.5 Å². The zero-order chi connectivity index (χ0) is 29.3. The van der Waals surface area contributed by atoms with Gasteiger partial charge in [-0.1, -0.05) is 103 Å². The SMILES string of the molecule is C=C(C)C(=O)Oc1ccc(-c2cc(CCCCCCCC)c(OC(=O)C(=C)C)c(CCCCCCCC)c2)cc1. The molecule has 0 aliphatic carbocycles. The van der Waals surface area contributed by atoms with Gasteiger partial charge in [0.25, 0.3) is 0 Å². The van der Waals surface area contributed by atoms with E-state index in [1.54, 1.807) is 13.8 Å². The molecule has 0 fully saturated rings. The fraction of sp³-hybridized carbons (Fsp3) is 0.500. The maximum Gasteiger partial charge on any atom is 0.338 e. The van der Waals surface area contributed by atoms with Crippen LogP contribution in [0.15, 0.2) is 60.7 Å². The third-order valence-corrected chi connectivity index (χ3v) is 7.13. The summed E-state index contributed by atoms with van der Waals surface area (Å²) < 4.78 is 11.4. The van der Waals surface area contributed by atoms with Crippen molar-refractivity contribution in [1.29, 1.82) is 0 Å². The van der Waals surface area contributed by atoms with Crippen molar-refractivity contribution < 1.29 is 19.1 Å². The first-order valence-electron chi connectivity index (χ1n) is 15.3. The van der Waals surface area contributed by atoms with Crippen LogP contribution in [-0.4, -0.2) is 11.9 Å². The Morgan fingerprint density at radius 3 is 1.48 bits per heavy atom. The summed E-state index contributed by atoms with van der Waals surface area (Å²) in [6.07, 6.45) is 16.1. The third kappa shape index (κ3) is 11.5. The van der Waals surface area contributed by atoms with E-state index >= 15 is 0 Å². The highest BCUT2D eigenvalue weighted by Crippen LogP contribution is 2.35. The maximum absolute atomic E-state index is 12.7. The third-order valence-electron chi connectivity index (χ3n) is 7.13. The molecule has 0 amide bonds. The number of aryl methyl sites for hydroxylation is 2. The van der Waals surface area contributed by atoms with Gasteiger partial charge < -0.3 is 9.47 Å². The van der Waals surface area contributed by atoms with Gasteiger partial charge in [0.15, 0.2) is 0 Å². The Morgan fingerprint density at radius 2 is 1.02 bits per heavy atom. The number of ether oxygens (including phenoxy) is 2. The molecule has 0 heterocycles. The van der Waals surface area contributed by atoms with Crippen LogP contribution in [0.2, 0.25) is 0 Å². The van der Waals surface area contributed by atoms with Gasteiger partial charge in [-0.05, 0) is 86.1 Å². The average Bonchev–Trinajstić information content (AvgIpc) is 2.93. The largest absolute Gasteiger partial charge is 0.423 e. The molecule has 0 unspecified atom stereocenters. The molecule has 2 aromatic carbocycles. The van der Waals surface area contributed by atoms with Crippen molar-refractivity contribution in [2.75, 3.05) is 0 Å². The molecule has 0 radical (unpaired) electrons. The summed E-state index contributed by atoms with van der Waals surface area (Å²) in [6.45, 7) is 15.3. The van der Waals surface area contributed by atoms with Gasteiger partial charge in [0.2, 0.25) is 0 Å². The van der Waals surface area contributed by atoms with Crippen molar-refractivity contribution in [3.8, 4) is 22.6 Å². The minimum Gasteiger partial charge on any atom is -0.423 e. The Balaban J connectivity index is 2.38. The molecule has 4 nitrogen and oxygen atoms in total. The normalized spacial score (nSPS) is 10.8. The number of unbranched alkanes of at least 4 members (excludes halogenated alkanes) is 10. The summed E-state index contributed by atoms with van der Waals surface area (Å²) in [6, 6.07) is 11.9. The summed E-state index contributed by atoms with van der Waals surface area (Å²) in [5.74, 6) is 0.401. The first-order chi connectivity index (χ1) is 19.3. The molecular formula is C36H50O4. The highest BCUT2D eigenvalue weighted by molar-refractivity contribution is 5.89. The van der Waals surface area contributed by atoms with E-state index in [9.17, 15) is 9.59 Å². The van der Waals surface area contributed by atoms with E-state index < -0.39 is 5.97 Å². The Hall–Kier alpha value is -3.14. The lowest BCUT2D eigenvalue weighted by Crippen LogP contribution is -2.12. The molecule has 40 heavy (non-hydrogen) atoms. The Kier molecular flexibility index (Phi) is 15.1. The van der Waals surface area contributed by atoms with Crippen molar-refractivity contribution in [3.63, 3.8) is 0 Å². The molecule has 4 heteroatoms. The van der Waals surface area contributed by atoms with Crippen LogP contribution in [0.25, 0.3) is 11.1 Å². The van der Waals surface area contributed by atoms with Crippen LogP contribution in [0.3, 0.4) is 0 Å². The Labute approximate surface area is 242 Å². The van der Waals surface area contributed by atoms with Gasteiger partial charge >= 0.3 is 11.9 Å². The smallest absolute Gasteiger partial charge is 0.338 e. The standard InChI is InChI=1S/C36H50O4/c1-7-9-11-13-15-17-19-30-25-32(29-21-23-33(24-22-29)39-35(37)27(3)4)26-31(20-18-16-14-12-10-8-2)34(30)40-36(38)28(5)6/h21-26H,3,5,7-20H2,1-2,4,6H3. The van der Waals surface area contributed by atoms with Crippen molar-refractivity contribution >= 4 is 11.9 Å². The van der Waals surface area contributed by atoms with Gasteiger partial charge in [0.05, 0.1) is 0 Å². The van der Waals surface area contributed by atoms with Gasteiger partial charge in [-0.25, -0.2) is 9.59 Å². The number of esters is 2. The number of hydrogen-bond acceptors (Lipinski definition) is 4. The van der Waals surface area contributed by atoms with Gasteiger partial charge in [0.1, 0.15) is 11.5 Å². The molecule has 0 N–H and O–H groups in total. The number of carbonyl (C=O) groups excluding carboxylic acids is 2. The molecule has 0 spiro atoms. The number of benzene rings is 2. The van der Waals surface area contributed by atoms with Gasteiger partial charge in [-0.15, -0.1) is 0 Å². The predicted octanol–water partition coefficient (Wildman–Crippen LogP) is 10.1. The first kappa shape index (κ1) is 33.1. The van der Waals surface area contributed by atoms with Gasteiger partial charge in [-0.3, -0.25) is 0 Å². The van der Waals surface area contributed by atoms with E-state index in [0.717, 1.165) is 60.8 Å². The molecular weight excluding hydrogens is 496 g/mol. The van der Waals surface area contributed by atoms with Crippen molar-refractivity contribution in [2.24, 2.45) is 0 Å². The monoisotopic (exact) mass is 546 g/mol. The van der Waals surface area contributed by atoms with Gasteiger partial charge in [0, 0.05) is 11.1 Å². The number of hydrogen-bond donors (Lipinski definition) is 0. The first-order valence-corrected chi connectivity index (χ1v) is 15.3. The van der Waals surface area contributed by atoms with Crippen LogP contribution in [0.1, 0.15) is 116 Å². The van der Waals surface area contributed by atoms with E-state index in [0.29, 0.717) is 22.6 Å². The summed E-state index contributed by atoms with van der Waals surface area (Å²) in [7, 11) is 0. The van der Waals surface area contributed by atoms with E-state index in [1.807, 2.05) is 24.3 Å². The summed E-state index contributed by atoms with van der Waals surface area (Å²) in [4.78, 5) is 24.6. The molecule has 0 aliphatic heterocycles. The van der Waals surface area contributed by atoms with E-state index in [-0.39, 0.29) is 5.97 Å². The van der Waals surface area contributed by atoms with Crippen LogP contribution in [0, 0.1) is 0 Å². The Morgan fingerprint density at radius 1 is 0.600 bits per heavy atom. The van der Waals surface area contributed by atoms with Crippen LogP contribution < -0.4 is 9.47 Å². The zero-order valence-corrected chi connectivity index (χ0v) is 25.4. The molecule has 0 saturated carbocycles. The second kappa shape index (κ2) is 18.3. The van der Waals surface area contributed by atoms with E-state index in [2.05, 4.69) is 39.1 Å². The minimum absolute atomic E-state index is 0.364. The zero-order valence-electron chi connectivity index (χ0n) is 25.4. The molecule has 0 saturated heterocycles. The van der Waals surface area contributed by atoms with Crippen LogP contribution in [-0.2, 0) is 22.4 Å². The number of carbonyl (C=O) groups is 2. The molecule has 0 bridgehead atoms. The molecule has 2 aromatic rings.